The van der Waals surface area contributed by atoms with E-state index in [0.29, 0.717) is 17.4 Å². The molecule has 0 aromatic heterocycles. The van der Waals surface area contributed by atoms with Crippen LogP contribution in [0.4, 0.5) is 13.2 Å². The number of phenols is 1. The van der Waals surface area contributed by atoms with Crippen LogP contribution in [0.5, 0.6) is 11.5 Å². The summed E-state index contributed by atoms with van der Waals surface area (Å²) in [4.78, 5) is 0. The van der Waals surface area contributed by atoms with Gasteiger partial charge in [-0.25, -0.2) is 0 Å². The van der Waals surface area contributed by atoms with Crippen molar-refractivity contribution in [3.8, 4) is 22.6 Å². The maximum absolute atomic E-state index is 13.1. The van der Waals surface area contributed by atoms with E-state index in [-0.39, 0.29) is 16.9 Å². The van der Waals surface area contributed by atoms with E-state index in [9.17, 15) is 26.7 Å². The Morgan fingerprint density at radius 3 is 2.22 bits per heavy atom. The van der Waals surface area contributed by atoms with Crippen molar-refractivity contribution >= 4 is 20.9 Å². The van der Waals surface area contributed by atoms with Crippen LogP contribution in [0.2, 0.25) is 0 Å². The van der Waals surface area contributed by atoms with Crippen molar-refractivity contribution in [1.82, 2.24) is 0 Å². The first kappa shape index (κ1) is 21.1. The zero-order valence-electron chi connectivity index (χ0n) is 17.1. The van der Waals surface area contributed by atoms with Crippen LogP contribution in [-0.2, 0) is 22.0 Å². The minimum absolute atomic E-state index is 0.143. The van der Waals surface area contributed by atoms with Gasteiger partial charge in [0.1, 0.15) is 11.5 Å². The fourth-order valence-corrected chi connectivity index (χ4v) is 5.98. The SMILES string of the molecule is O=S(=O)(Oc1ccc(-c2ccc(O)c3ccccc23)c2c1C1(CCCC1)CC2)C(F)(F)F. The molecule has 2 aliphatic carbocycles. The van der Waals surface area contributed by atoms with Gasteiger partial charge >= 0.3 is 15.6 Å². The lowest BCUT2D eigenvalue weighted by molar-refractivity contribution is -0.0500. The first-order chi connectivity index (χ1) is 15.1. The van der Waals surface area contributed by atoms with Gasteiger partial charge in [0.05, 0.1) is 0 Å². The van der Waals surface area contributed by atoms with Crippen molar-refractivity contribution in [1.29, 1.82) is 0 Å². The van der Waals surface area contributed by atoms with Crippen molar-refractivity contribution in [3.05, 3.63) is 59.7 Å². The third kappa shape index (κ3) is 3.15. The molecule has 5 rings (SSSR count). The second-order valence-electron chi connectivity index (χ2n) is 8.61. The van der Waals surface area contributed by atoms with Crippen molar-refractivity contribution in [2.24, 2.45) is 0 Å². The quantitative estimate of drug-likeness (QED) is 0.372. The van der Waals surface area contributed by atoms with Crippen LogP contribution in [0.3, 0.4) is 0 Å². The van der Waals surface area contributed by atoms with E-state index in [2.05, 4.69) is 0 Å². The number of aromatic hydroxyl groups is 1. The second-order valence-corrected chi connectivity index (χ2v) is 10.2. The number of alkyl halides is 3. The Balaban J connectivity index is 1.74. The van der Waals surface area contributed by atoms with Gasteiger partial charge in [-0.3, -0.25) is 0 Å². The smallest absolute Gasteiger partial charge is 0.507 e. The van der Waals surface area contributed by atoms with Crippen LogP contribution in [0.1, 0.15) is 43.2 Å². The molecule has 168 valence electrons. The zero-order valence-corrected chi connectivity index (χ0v) is 17.9. The molecule has 0 saturated heterocycles. The molecule has 0 heterocycles. The third-order valence-electron chi connectivity index (χ3n) is 6.89. The monoisotopic (exact) mass is 462 g/mol. The highest BCUT2D eigenvalue weighted by molar-refractivity contribution is 7.88. The Bertz CT molecular complexity index is 1320. The van der Waals surface area contributed by atoms with E-state index in [0.717, 1.165) is 54.2 Å². The van der Waals surface area contributed by atoms with Gasteiger partial charge in [0.25, 0.3) is 0 Å². The van der Waals surface area contributed by atoms with E-state index >= 15 is 0 Å². The van der Waals surface area contributed by atoms with E-state index in [4.69, 9.17) is 4.18 Å². The zero-order chi connectivity index (χ0) is 22.7. The van der Waals surface area contributed by atoms with E-state index in [1.165, 1.54) is 6.07 Å². The molecule has 0 unspecified atom stereocenters. The molecule has 3 aromatic carbocycles. The number of benzene rings is 3. The average Bonchev–Trinajstić information content (AvgIpc) is 3.37. The summed E-state index contributed by atoms with van der Waals surface area (Å²) >= 11 is 0. The van der Waals surface area contributed by atoms with Crippen molar-refractivity contribution < 1.29 is 30.9 Å². The summed E-state index contributed by atoms with van der Waals surface area (Å²) in [7, 11) is -5.77. The molecule has 0 atom stereocenters. The number of hydrogen-bond donors (Lipinski definition) is 1. The molecule has 0 bridgehead atoms. The van der Waals surface area contributed by atoms with Gasteiger partial charge in [-0.05, 0) is 65.3 Å². The van der Waals surface area contributed by atoms with E-state index < -0.39 is 15.6 Å². The summed E-state index contributed by atoms with van der Waals surface area (Å²) in [5.41, 5.74) is -2.76. The molecule has 1 N–H and O–H groups in total. The van der Waals surface area contributed by atoms with E-state index in [1.807, 2.05) is 18.2 Å². The molecular weight excluding hydrogens is 441 g/mol. The minimum atomic E-state index is -5.77. The number of rotatable bonds is 3. The molecule has 0 radical (unpaired) electrons. The van der Waals surface area contributed by atoms with Gasteiger partial charge in [0.15, 0.2) is 0 Å². The molecule has 1 fully saturated rings. The summed E-state index contributed by atoms with van der Waals surface area (Å²) in [6, 6.07) is 13.7. The molecule has 3 aromatic rings. The minimum Gasteiger partial charge on any atom is -0.507 e. The predicted molar refractivity (Wildman–Crippen MR) is 115 cm³/mol. The Morgan fingerprint density at radius 1 is 0.875 bits per heavy atom. The first-order valence-corrected chi connectivity index (χ1v) is 11.9. The average molecular weight is 462 g/mol. The van der Waals surface area contributed by atoms with Crippen LogP contribution in [0, 0.1) is 0 Å². The van der Waals surface area contributed by atoms with Gasteiger partial charge in [-0.1, -0.05) is 49.2 Å². The summed E-state index contributed by atoms with van der Waals surface area (Å²) < 4.78 is 67.5. The first-order valence-electron chi connectivity index (χ1n) is 10.5. The Hall–Kier alpha value is -2.74. The maximum atomic E-state index is 13.1. The summed E-state index contributed by atoms with van der Waals surface area (Å²) in [5.74, 6) is -0.0759. The summed E-state index contributed by atoms with van der Waals surface area (Å²) in [6.07, 6.45) is 4.85. The molecule has 2 aliphatic rings. The molecule has 32 heavy (non-hydrogen) atoms. The largest absolute Gasteiger partial charge is 0.534 e. The number of hydrogen-bond acceptors (Lipinski definition) is 4. The summed E-state index contributed by atoms with van der Waals surface area (Å²) in [6.45, 7) is 0. The number of halogens is 3. The fraction of sp³-hybridized carbons (Fsp3) is 0.333. The Labute approximate surface area is 183 Å². The van der Waals surface area contributed by atoms with Crippen LogP contribution in [0.25, 0.3) is 21.9 Å². The standard InChI is InChI=1S/C24H21F3O4S/c25-24(26,27)32(29,30)31-21-10-8-17(19-11-14-23(22(19)21)12-3-4-13-23)16-7-9-20(28)18-6-2-1-5-15(16)18/h1-2,5-10,28H,3-4,11-14H2. The van der Waals surface area contributed by atoms with Gasteiger partial charge < -0.3 is 9.29 Å². The Kier molecular flexibility index (Phi) is 4.71. The van der Waals surface area contributed by atoms with Gasteiger partial charge in [-0.2, -0.15) is 21.6 Å². The molecule has 0 amide bonds. The van der Waals surface area contributed by atoms with E-state index in [1.54, 1.807) is 24.3 Å². The highest BCUT2D eigenvalue weighted by Crippen LogP contribution is 2.56. The summed E-state index contributed by atoms with van der Waals surface area (Å²) in [5, 5.41) is 11.7. The number of fused-ring (bicyclic) bond motifs is 3. The van der Waals surface area contributed by atoms with Gasteiger partial charge in [-0.15, -0.1) is 0 Å². The molecule has 1 spiro atoms. The molecule has 1 saturated carbocycles. The Morgan fingerprint density at radius 2 is 1.53 bits per heavy atom. The predicted octanol–water partition coefficient (Wildman–Crippen LogP) is 6.20. The van der Waals surface area contributed by atoms with Crippen molar-refractivity contribution in [2.75, 3.05) is 0 Å². The highest BCUT2D eigenvalue weighted by atomic mass is 32.2. The lowest BCUT2D eigenvalue weighted by atomic mass is 9.79. The fourth-order valence-electron chi connectivity index (χ4n) is 5.51. The lowest BCUT2D eigenvalue weighted by Gasteiger charge is -2.27. The highest BCUT2D eigenvalue weighted by Gasteiger charge is 2.51. The van der Waals surface area contributed by atoms with Crippen LogP contribution < -0.4 is 4.18 Å². The molecule has 0 aliphatic heterocycles. The molecule has 4 nitrogen and oxygen atoms in total. The molecular formula is C24H21F3O4S. The lowest BCUT2D eigenvalue weighted by Crippen LogP contribution is -2.29. The second kappa shape index (κ2) is 7.13. The number of phenolic OH excluding ortho intramolecular Hbond substituents is 1. The van der Waals surface area contributed by atoms with Gasteiger partial charge in [0, 0.05) is 10.9 Å². The van der Waals surface area contributed by atoms with Gasteiger partial charge in [0.2, 0.25) is 0 Å². The van der Waals surface area contributed by atoms with Crippen molar-refractivity contribution in [3.63, 3.8) is 0 Å². The van der Waals surface area contributed by atoms with Crippen LogP contribution in [0.15, 0.2) is 48.5 Å². The normalized spacial score (nSPS) is 17.7. The third-order valence-corrected chi connectivity index (χ3v) is 7.86. The maximum Gasteiger partial charge on any atom is 0.534 e. The topological polar surface area (TPSA) is 63.6 Å². The van der Waals surface area contributed by atoms with Crippen LogP contribution >= 0.6 is 0 Å². The molecule has 8 heteroatoms. The van der Waals surface area contributed by atoms with Crippen molar-refractivity contribution in [2.45, 2.75) is 49.4 Å². The van der Waals surface area contributed by atoms with Crippen LogP contribution in [-0.4, -0.2) is 19.0 Å².